The van der Waals surface area contributed by atoms with Crippen LogP contribution in [0, 0.1) is 11.3 Å². The van der Waals surface area contributed by atoms with Gasteiger partial charge in [0, 0.05) is 13.1 Å². The molecule has 0 amide bonds. The third-order valence-corrected chi connectivity index (χ3v) is 6.13. The summed E-state index contributed by atoms with van der Waals surface area (Å²) in [6.07, 6.45) is 0. The second kappa shape index (κ2) is 8.70. The Hall–Kier alpha value is -3.14. The molecule has 0 fully saturated rings. The van der Waals surface area contributed by atoms with Crippen LogP contribution in [0.3, 0.4) is 0 Å². The van der Waals surface area contributed by atoms with Gasteiger partial charge in [-0.05, 0) is 29.3 Å². The first kappa shape index (κ1) is 19.6. The SMILES string of the molecule is COc1ccc(C#N)cc1S(=O)(=O)N(Cc1ccccc1)Cc1ccccc1. The summed E-state index contributed by atoms with van der Waals surface area (Å²) < 4.78 is 33.7. The highest BCUT2D eigenvalue weighted by Gasteiger charge is 2.28. The predicted octanol–water partition coefficient (Wildman–Crippen LogP) is 3.96. The van der Waals surface area contributed by atoms with Gasteiger partial charge in [0.05, 0.1) is 18.7 Å². The second-order valence-electron chi connectivity index (χ2n) is 6.22. The molecule has 0 spiro atoms. The number of hydrogen-bond acceptors (Lipinski definition) is 4. The van der Waals surface area contributed by atoms with Crippen LogP contribution in [-0.4, -0.2) is 19.8 Å². The largest absolute Gasteiger partial charge is 0.495 e. The zero-order chi connectivity index (χ0) is 20.0. The summed E-state index contributed by atoms with van der Waals surface area (Å²) in [6, 6.07) is 25.2. The molecule has 6 heteroatoms. The lowest BCUT2D eigenvalue weighted by atomic mass is 10.2. The molecule has 0 aliphatic carbocycles. The van der Waals surface area contributed by atoms with Gasteiger partial charge in [-0.1, -0.05) is 60.7 Å². The van der Waals surface area contributed by atoms with Crippen LogP contribution in [0.4, 0.5) is 0 Å². The third-order valence-electron chi connectivity index (χ3n) is 4.31. The summed E-state index contributed by atoms with van der Waals surface area (Å²) in [4.78, 5) is -0.0130. The molecule has 0 unspecified atom stereocenters. The quantitative estimate of drug-likeness (QED) is 0.610. The van der Waals surface area contributed by atoms with Crippen molar-refractivity contribution in [3.05, 3.63) is 95.6 Å². The van der Waals surface area contributed by atoms with E-state index in [1.807, 2.05) is 66.7 Å². The molecule has 142 valence electrons. The monoisotopic (exact) mass is 392 g/mol. The van der Waals surface area contributed by atoms with Crippen LogP contribution >= 0.6 is 0 Å². The van der Waals surface area contributed by atoms with Crippen LogP contribution in [0.1, 0.15) is 16.7 Å². The summed E-state index contributed by atoms with van der Waals surface area (Å²) >= 11 is 0. The molecule has 0 radical (unpaired) electrons. The standard InChI is InChI=1S/C22H20N2O3S/c1-27-21-13-12-20(15-23)14-22(21)28(25,26)24(16-18-8-4-2-5-9-18)17-19-10-6-3-7-11-19/h2-14H,16-17H2,1H3. The Morgan fingerprint density at radius 1 is 0.893 bits per heavy atom. The highest BCUT2D eigenvalue weighted by atomic mass is 32.2. The Morgan fingerprint density at radius 3 is 1.89 bits per heavy atom. The molecule has 0 atom stereocenters. The molecule has 3 rings (SSSR count). The van der Waals surface area contributed by atoms with Crippen LogP contribution in [0.25, 0.3) is 0 Å². The molecular formula is C22H20N2O3S. The topological polar surface area (TPSA) is 70.4 Å². The molecule has 0 bridgehead atoms. The van der Waals surface area contributed by atoms with E-state index in [9.17, 15) is 13.7 Å². The van der Waals surface area contributed by atoms with E-state index in [1.54, 1.807) is 0 Å². The molecule has 0 heterocycles. The number of hydrogen-bond donors (Lipinski definition) is 0. The number of benzene rings is 3. The van der Waals surface area contributed by atoms with Gasteiger partial charge in [-0.25, -0.2) is 8.42 Å². The van der Waals surface area contributed by atoms with Crippen molar-refractivity contribution in [2.45, 2.75) is 18.0 Å². The molecule has 5 nitrogen and oxygen atoms in total. The van der Waals surface area contributed by atoms with Gasteiger partial charge in [-0.2, -0.15) is 9.57 Å². The fourth-order valence-electron chi connectivity index (χ4n) is 2.89. The predicted molar refractivity (Wildman–Crippen MR) is 107 cm³/mol. The van der Waals surface area contributed by atoms with Crippen LogP contribution in [0.5, 0.6) is 5.75 Å². The number of sulfonamides is 1. The van der Waals surface area contributed by atoms with Crippen LogP contribution in [-0.2, 0) is 23.1 Å². The van der Waals surface area contributed by atoms with Gasteiger partial charge in [0.2, 0.25) is 10.0 Å². The average molecular weight is 392 g/mol. The van der Waals surface area contributed by atoms with Crippen molar-refractivity contribution in [1.82, 2.24) is 4.31 Å². The molecular weight excluding hydrogens is 372 g/mol. The van der Waals surface area contributed by atoms with Crippen molar-refractivity contribution in [1.29, 1.82) is 5.26 Å². The first-order valence-corrected chi connectivity index (χ1v) is 10.1. The van der Waals surface area contributed by atoms with Gasteiger partial charge in [0.25, 0.3) is 0 Å². The molecule has 0 aliphatic heterocycles. The Kier molecular flexibility index (Phi) is 6.09. The van der Waals surface area contributed by atoms with Gasteiger partial charge in [-0.3, -0.25) is 0 Å². The fourth-order valence-corrected chi connectivity index (χ4v) is 4.48. The Balaban J connectivity index is 2.06. The lowest BCUT2D eigenvalue weighted by Crippen LogP contribution is -2.30. The minimum Gasteiger partial charge on any atom is -0.495 e. The first-order valence-electron chi connectivity index (χ1n) is 8.70. The number of nitriles is 1. The molecule has 0 saturated heterocycles. The fraction of sp³-hybridized carbons (Fsp3) is 0.136. The van der Waals surface area contributed by atoms with Crippen LogP contribution < -0.4 is 4.74 Å². The maximum Gasteiger partial charge on any atom is 0.247 e. The molecule has 0 aromatic heterocycles. The van der Waals surface area contributed by atoms with E-state index in [4.69, 9.17) is 4.74 Å². The number of rotatable bonds is 7. The number of ether oxygens (including phenoxy) is 1. The van der Waals surface area contributed by atoms with E-state index in [0.717, 1.165) is 11.1 Å². The molecule has 0 N–H and O–H groups in total. The van der Waals surface area contributed by atoms with E-state index < -0.39 is 10.0 Å². The summed E-state index contributed by atoms with van der Waals surface area (Å²) in [5.41, 5.74) is 2.01. The molecule has 0 saturated carbocycles. The Bertz CT molecular complexity index is 1030. The Labute approximate surface area is 165 Å². The van der Waals surface area contributed by atoms with Gasteiger partial charge in [-0.15, -0.1) is 0 Å². The Morgan fingerprint density at radius 2 is 1.43 bits per heavy atom. The molecule has 3 aromatic carbocycles. The van der Waals surface area contributed by atoms with Crippen LogP contribution in [0.2, 0.25) is 0 Å². The minimum atomic E-state index is -3.92. The highest BCUT2D eigenvalue weighted by molar-refractivity contribution is 7.89. The first-order chi connectivity index (χ1) is 13.5. The smallest absolute Gasteiger partial charge is 0.247 e. The van der Waals surface area contributed by atoms with Crippen LogP contribution in [0.15, 0.2) is 83.8 Å². The highest BCUT2D eigenvalue weighted by Crippen LogP contribution is 2.29. The van der Waals surface area contributed by atoms with Crippen molar-refractivity contribution >= 4 is 10.0 Å². The van der Waals surface area contributed by atoms with Crippen molar-refractivity contribution < 1.29 is 13.2 Å². The lowest BCUT2D eigenvalue weighted by molar-refractivity contribution is 0.382. The second-order valence-corrected chi connectivity index (χ2v) is 8.13. The van der Waals surface area contributed by atoms with Gasteiger partial charge >= 0.3 is 0 Å². The zero-order valence-corrected chi connectivity index (χ0v) is 16.3. The molecule has 28 heavy (non-hydrogen) atoms. The van der Waals surface area contributed by atoms with E-state index >= 15 is 0 Å². The zero-order valence-electron chi connectivity index (χ0n) is 15.4. The summed E-state index contributed by atoms with van der Waals surface area (Å²) in [6.45, 7) is 0.413. The van der Waals surface area contributed by atoms with Gasteiger partial charge in [0.1, 0.15) is 10.6 Å². The summed E-state index contributed by atoms with van der Waals surface area (Å²) in [7, 11) is -2.50. The van der Waals surface area contributed by atoms with E-state index in [1.165, 1.54) is 29.6 Å². The summed E-state index contributed by atoms with van der Waals surface area (Å²) in [5.74, 6) is 0.213. The van der Waals surface area contributed by atoms with Gasteiger partial charge in [0.15, 0.2) is 0 Å². The maximum atomic E-state index is 13.5. The van der Waals surface area contributed by atoms with Crippen molar-refractivity contribution in [3.8, 4) is 11.8 Å². The molecule has 0 aliphatic rings. The number of methoxy groups -OCH3 is 1. The maximum absolute atomic E-state index is 13.5. The van der Waals surface area contributed by atoms with E-state index in [2.05, 4.69) is 0 Å². The normalized spacial score (nSPS) is 11.2. The van der Waals surface area contributed by atoms with Crippen molar-refractivity contribution in [3.63, 3.8) is 0 Å². The van der Waals surface area contributed by atoms with Crippen molar-refractivity contribution in [2.75, 3.05) is 7.11 Å². The number of nitrogens with zero attached hydrogens (tertiary/aromatic N) is 2. The van der Waals surface area contributed by atoms with Crippen molar-refractivity contribution in [2.24, 2.45) is 0 Å². The summed E-state index contributed by atoms with van der Waals surface area (Å²) in [5, 5.41) is 9.20. The van der Waals surface area contributed by atoms with E-state index in [-0.39, 0.29) is 29.3 Å². The lowest BCUT2D eigenvalue weighted by Gasteiger charge is -2.23. The third kappa shape index (κ3) is 4.39. The molecule has 3 aromatic rings. The minimum absolute atomic E-state index is 0.0130. The average Bonchev–Trinajstić information content (AvgIpc) is 2.74. The van der Waals surface area contributed by atoms with Gasteiger partial charge < -0.3 is 4.74 Å². The van der Waals surface area contributed by atoms with E-state index in [0.29, 0.717) is 0 Å².